The molecule has 0 aliphatic rings. The fraction of sp³-hybridized carbons (Fsp3) is 0.188. The van der Waals surface area contributed by atoms with Gasteiger partial charge in [-0.15, -0.1) is 11.8 Å². The molecule has 0 saturated heterocycles. The molecule has 2 amide bonds. The number of hydrogen-bond acceptors (Lipinski definition) is 2. The molecule has 0 unspecified atom stereocenters. The molecule has 0 bridgehead atoms. The lowest BCUT2D eigenvalue weighted by Crippen LogP contribution is -2.29. The Morgan fingerprint density at radius 1 is 1.43 bits per heavy atom. The summed E-state index contributed by atoms with van der Waals surface area (Å²) in [4.78, 5) is 12.8. The minimum Gasteiger partial charge on any atom is -0.338 e. The Hall–Kier alpha value is -2.01. The summed E-state index contributed by atoms with van der Waals surface area (Å²) in [5.41, 5.74) is 1.14. The zero-order valence-corrected chi connectivity index (χ0v) is 12.8. The van der Waals surface area contributed by atoms with Crippen LogP contribution in [-0.4, -0.2) is 18.8 Å². The van der Waals surface area contributed by atoms with E-state index in [1.807, 2.05) is 30.5 Å². The Balaban J connectivity index is 0.00000441. The van der Waals surface area contributed by atoms with Gasteiger partial charge >= 0.3 is 6.03 Å². The van der Waals surface area contributed by atoms with E-state index in [9.17, 15) is 9.18 Å². The SMILES string of the molecule is C=C/C=C(/CCNC(=O)Nc1ccc(SC)cc1)C(=C)F.[HH]. The normalized spacial score (nSPS) is 10.9. The molecule has 0 atom stereocenters. The predicted octanol–water partition coefficient (Wildman–Crippen LogP) is 4.76. The first-order chi connectivity index (χ1) is 10.1. The number of amides is 2. The van der Waals surface area contributed by atoms with Crippen LogP contribution in [0.25, 0.3) is 0 Å². The monoisotopic (exact) mass is 308 g/mol. The summed E-state index contributed by atoms with van der Waals surface area (Å²) in [5.74, 6) is -0.509. The molecule has 0 radical (unpaired) electrons. The van der Waals surface area contributed by atoms with Crippen LogP contribution in [0.5, 0.6) is 0 Å². The fourth-order valence-corrected chi connectivity index (χ4v) is 2.02. The number of halogens is 1. The first-order valence-corrected chi connectivity index (χ1v) is 7.64. The lowest BCUT2D eigenvalue weighted by atomic mass is 10.1. The van der Waals surface area contributed by atoms with E-state index in [1.54, 1.807) is 17.8 Å². The Kier molecular flexibility index (Phi) is 7.32. The van der Waals surface area contributed by atoms with Crippen molar-refractivity contribution in [2.75, 3.05) is 18.1 Å². The highest BCUT2D eigenvalue weighted by atomic mass is 32.2. The fourth-order valence-electron chi connectivity index (χ4n) is 1.61. The maximum Gasteiger partial charge on any atom is 0.319 e. The lowest BCUT2D eigenvalue weighted by Gasteiger charge is -2.09. The van der Waals surface area contributed by atoms with Crippen molar-refractivity contribution in [3.63, 3.8) is 0 Å². The summed E-state index contributed by atoms with van der Waals surface area (Å²) >= 11 is 1.63. The summed E-state index contributed by atoms with van der Waals surface area (Å²) in [5, 5.41) is 5.38. The zero-order valence-electron chi connectivity index (χ0n) is 12.0. The first kappa shape index (κ1) is 17.0. The zero-order chi connectivity index (χ0) is 15.7. The van der Waals surface area contributed by atoms with E-state index in [-0.39, 0.29) is 7.46 Å². The van der Waals surface area contributed by atoms with E-state index >= 15 is 0 Å². The summed E-state index contributed by atoms with van der Waals surface area (Å²) in [6.45, 7) is 7.07. The van der Waals surface area contributed by atoms with Crippen LogP contribution in [0.1, 0.15) is 7.85 Å². The van der Waals surface area contributed by atoms with Gasteiger partial charge in [-0.25, -0.2) is 9.18 Å². The maximum atomic E-state index is 13.1. The summed E-state index contributed by atoms with van der Waals surface area (Å²) in [6, 6.07) is 7.20. The average Bonchev–Trinajstić information content (AvgIpc) is 2.47. The topological polar surface area (TPSA) is 41.1 Å². The molecule has 0 heterocycles. The molecule has 114 valence electrons. The number of urea groups is 1. The molecule has 0 fully saturated rings. The Morgan fingerprint density at radius 3 is 2.62 bits per heavy atom. The quantitative estimate of drug-likeness (QED) is 0.563. The molecular weight excluding hydrogens is 287 g/mol. The van der Waals surface area contributed by atoms with Gasteiger partial charge in [0, 0.05) is 18.6 Å². The van der Waals surface area contributed by atoms with Gasteiger partial charge in [0.1, 0.15) is 5.83 Å². The van der Waals surface area contributed by atoms with Gasteiger partial charge in [0.05, 0.1) is 0 Å². The van der Waals surface area contributed by atoms with Gasteiger partial charge in [-0.1, -0.05) is 25.3 Å². The molecule has 1 aromatic rings. The molecule has 0 saturated carbocycles. The second-order valence-corrected chi connectivity index (χ2v) is 5.07. The van der Waals surface area contributed by atoms with Crippen LogP contribution in [0.2, 0.25) is 0 Å². The molecule has 0 aliphatic heterocycles. The molecule has 21 heavy (non-hydrogen) atoms. The van der Waals surface area contributed by atoms with Gasteiger partial charge in [0.25, 0.3) is 0 Å². The number of carbonyl (C=O) groups is 1. The predicted molar refractivity (Wildman–Crippen MR) is 90.5 cm³/mol. The van der Waals surface area contributed by atoms with Crippen molar-refractivity contribution in [3.8, 4) is 0 Å². The largest absolute Gasteiger partial charge is 0.338 e. The molecule has 0 aromatic heterocycles. The van der Waals surface area contributed by atoms with Crippen LogP contribution in [0.3, 0.4) is 0 Å². The number of rotatable bonds is 7. The van der Waals surface area contributed by atoms with Gasteiger partial charge in [-0.3, -0.25) is 0 Å². The number of thioether (sulfide) groups is 1. The minimum absolute atomic E-state index is 0. The van der Waals surface area contributed by atoms with E-state index in [2.05, 4.69) is 23.8 Å². The van der Waals surface area contributed by atoms with Gasteiger partial charge in [-0.05, 0) is 42.5 Å². The van der Waals surface area contributed by atoms with Crippen molar-refractivity contribution in [3.05, 3.63) is 61.0 Å². The van der Waals surface area contributed by atoms with Crippen LogP contribution in [0, 0.1) is 0 Å². The van der Waals surface area contributed by atoms with Crippen LogP contribution in [-0.2, 0) is 0 Å². The molecule has 1 aromatic carbocycles. The van der Waals surface area contributed by atoms with E-state index in [0.29, 0.717) is 24.2 Å². The first-order valence-electron chi connectivity index (χ1n) is 6.42. The van der Waals surface area contributed by atoms with E-state index < -0.39 is 5.83 Å². The molecule has 3 nitrogen and oxygen atoms in total. The lowest BCUT2D eigenvalue weighted by molar-refractivity contribution is 0.252. The third-order valence-electron chi connectivity index (χ3n) is 2.70. The van der Waals surface area contributed by atoms with E-state index in [4.69, 9.17) is 0 Å². The second-order valence-electron chi connectivity index (χ2n) is 4.19. The number of allylic oxidation sites excluding steroid dienone is 3. The third kappa shape index (κ3) is 6.31. The number of nitrogens with one attached hydrogen (secondary N) is 2. The molecule has 0 spiro atoms. The van der Waals surface area contributed by atoms with Crippen LogP contribution in [0.4, 0.5) is 14.9 Å². The van der Waals surface area contributed by atoms with Crippen molar-refractivity contribution in [1.29, 1.82) is 0 Å². The van der Waals surface area contributed by atoms with Gasteiger partial charge in [-0.2, -0.15) is 0 Å². The molecule has 2 N–H and O–H groups in total. The van der Waals surface area contributed by atoms with Crippen molar-refractivity contribution in [2.45, 2.75) is 11.3 Å². The van der Waals surface area contributed by atoms with Crippen LogP contribution < -0.4 is 10.6 Å². The maximum absolute atomic E-state index is 13.1. The van der Waals surface area contributed by atoms with Crippen molar-refractivity contribution in [1.82, 2.24) is 5.32 Å². The number of benzene rings is 1. The number of hydrogen-bond donors (Lipinski definition) is 2. The Labute approximate surface area is 130 Å². The van der Waals surface area contributed by atoms with Crippen molar-refractivity contribution in [2.24, 2.45) is 0 Å². The molecule has 1 rings (SSSR count). The minimum atomic E-state index is -0.509. The number of anilines is 1. The Bertz CT molecular complexity index is 544. The van der Waals surface area contributed by atoms with Crippen LogP contribution >= 0.6 is 11.8 Å². The smallest absolute Gasteiger partial charge is 0.319 e. The number of carbonyl (C=O) groups excluding carboxylic acids is 1. The third-order valence-corrected chi connectivity index (χ3v) is 3.44. The highest BCUT2D eigenvalue weighted by Crippen LogP contribution is 2.17. The molecule has 0 aliphatic carbocycles. The van der Waals surface area contributed by atoms with E-state index in [0.717, 1.165) is 4.90 Å². The van der Waals surface area contributed by atoms with Crippen molar-refractivity contribution < 1.29 is 10.6 Å². The summed E-state index contributed by atoms with van der Waals surface area (Å²) in [7, 11) is 0. The molecular formula is C16H21FN2OS. The summed E-state index contributed by atoms with van der Waals surface area (Å²) in [6.07, 6.45) is 5.39. The van der Waals surface area contributed by atoms with Gasteiger partial charge in [0.15, 0.2) is 0 Å². The van der Waals surface area contributed by atoms with Crippen LogP contribution in [0.15, 0.2) is 65.9 Å². The highest BCUT2D eigenvalue weighted by molar-refractivity contribution is 7.98. The standard InChI is InChI=1S/C16H19FN2OS.H2/c1-4-5-13(12(2)17)10-11-18-16(20)19-14-6-8-15(21-3)9-7-14;/h4-9H,1-2,10-11H2,3H3,(H2,18,19,20);1H/b13-5-;. The molecule has 5 heteroatoms. The Morgan fingerprint density at radius 2 is 2.10 bits per heavy atom. The van der Waals surface area contributed by atoms with Crippen molar-refractivity contribution >= 4 is 23.5 Å². The highest BCUT2D eigenvalue weighted by Gasteiger charge is 2.04. The average molecular weight is 308 g/mol. The van der Waals surface area contributed by atoms with Gasteiger partial charge in [0.2, 0.25) is 0 Å². The summed E-state index contributed by atoms with van der Waals surface area (Å²) < 4.78 is 13.1. The van der Waals surface area contributed by atoms with Gasteiger partial charge < -0.3 is 10.6 Å². The van der Waals surface area contributed by atoms with E-state index in [1.165, 1.54) is 6.08 Å². The second kappa shape index (κ2) is 9.02.